The van der Waals surface area contributed by atoms with Crippen LogP contribution in [0.1, 0.15) is 65.1 Å². The van der Waals surface area contributed by atoms with Crippen molar-refractivity contribution in [3.8, 4) is 0 Å². The van der Waals surface area contributed by atoms with E-state index in [2.05, 4.69) is 28.1 Å². The maximum absolute atomic E-state index is 12.0. The first-order valence-electron chi connectivity index (χ1n) is 10.1. The molecule has 0 N–H and O–H groups in total. The van der Waals surface area contributed by atoms with Gasteiger partial charge < -0.3 is 9.64 Å². The topological polar surface area (TPSA) is 42.4 Å². The van der Waals surface area contributed by atoms with Gasteiger partial charge in [-0.1, -0.05) is 6.07 Å². The number of hydrogen-bond donors (Lipinski definition) is 0. The van der Waals surface area contributed by atoms with Gasteiger partial charge in [0.2, 0.25) is 0 Å². The Morgan fingerprint density at radius 1 is 1.22 bits per heavy atom. The summed E-state index contributed by atoms with van der Waals surface area (Å²) in [4.78, 5) is 18.7. The number of aryl methyl sites for hydroxylation is 2. The quantitative estimate of drug-likeness (QED) is 0.732. The molecule has 1 aliphatic heterocycles. The molecule has 0 unspecified atom stereocenters. The molecule has 1 aromatic carbocycles. The maximum Gasteiger partial charge on any atom is 0.338 e. The molecule has 0 bridgehead atoms. The van der Waals surface area contributed by atoms with Crippen LogP contribution < -0.4 is 4.90 Å². The first-order valence-corrected chi connectivity index (χ1v) is 10.1. The molecule has 2 aromatic rings. The zero-order chi connectivity index (χ0) is 18.6. The third-order valence-electron chi connectivity index (χ3n) is 6.11. The van der Waals surface area contributed by atoms with E-state index in [1.807, 2.05) is 6.20 Å². The molecule has 4 nitrogen and oxygen atoms in total. The summed E-state index contributed by atoms with van der Waals surface area (Å²) < 4.78 is 4.92. The minimum absolute atomic E-state index is 0.272. The fourth-order valence-electron chi connectivity index (χ4n) is 4.64. The molecule has 27 heavy (non-hydrogen) atoms. The van der Waals surface area contributed by atoms with Gasteiger partial charge in [-0.3, -0.25) is 4.98 Å². The van der Waals surface area contributed by atoms with Crippen LogP contribution in [0.2, 0.25) is 0 Å². The highest BCUT2D eigenvalue weighted by atomic mass is 16.5. The predicted molar refractivity (Wildman–Crippen MR) is 107 cm³/mol. The number of hydrogen-bond acceptors (Lipinski definition) is 4. The number of aromatic nitrogens is 1. The van der Waals surface area contributed by atoms with Crippen molar-refractivity contribution in [3.63, 3.8) is 0 Å². The second-order valence-corrected chi connectivity index (χ2v) is 7.73. The van der Waals surface area contributed by atoms with Gasteiger partial charge >= 0.3 is 5.97 Å². The molecule has 0 amide bonds. The zero-order valence-electron chi connectivity index (χ0n) is 16.1. The molecule has 2 heterocycles. The highest BCUT2D eigenvalue weighted by molar-refractivity contribution is 5.90. The number of methoxy groups -OCH3 is 1. The number of ether oxygens (including phenoxy) is 1. The normalized spacial score (nSPS) is 19.0. The van der Waals surface area contributed by atoms with Crippen LogP contribution >= 0.6 is 0 Å². The first-order chi connectivity index (χ1) is 13.3. The molecular weight excluding hydrogens is 336 g/mol. The molecule has 1 saturated heterocycles. The van der Waals surface area contributed by atoms with E-state index < -0.39 is 0 Å². The third-order valence-corrected chi connectivity index (χ3v) is 6.11. The summed E-state index contributed by atoms with van der Waals surface area (Å²) in [6, 6.07) is 8.86. The van der Waals surface area contributed by atoms with E-state index in [-0.39, 0.29) is 5.97 Å². The number of pyridine rings is 1. The van der Waals surface area contributed by atoms with E-state index in [0.717, 1.165) is 18.4 Å². The van der Waals surface area contributed by atoms with Crippen LogP contribution in [0.5, 0.6) is 0 Å². The third kappa shape index (κ3) is 3.85. The van der Waals surface area contributed by atoms with Crippen molar-refractivity contribution >= 4 is 11.7 Å². The van der Waals surface area contributed by atoms with E-state index in [9.17, 15) is 4.79 Å². The van der Waals surface area contributed by atoms with Crippen molar-refractivity contribution in [2.45, 2.75) is 50.9 Å². The maximum atomic E-state index is 12.0. The van der Waals surface area contributed by atoms with E-state index in [0.29, 0.717) is 11.5 Å². The SMILES string of the molecule is COC(=O)c1ccncc1CC[C@@H]1CCCc2cc(N3CCCC3)ccc21. The molecule has 142 valence electrons. The Bertz CT molecular complexity index is 812. The van der Waals surface area contributed by atoms with Gasteiger partial charge in [-0.25, -0.2) is 4.79 Å². The Balaban J connectivity index is 1.50. The van der Waals surface area contributed by atoms with Crippen LogP contribution in [0.25, 0.3) is 0 Å². The average Bonchev–Trinajstić information content (AvgIpc) is 3.26. The van der Waals surface area contributed by atoms with Gasteiger partial charge in [-0.2, -0.15) is 0 Å². The summed E-state index contributed by atoms with van der Waals surface area (Å²) in [5, 5.41) is 0. The molecule has 4 heteroatoms. The van der Waals surface area contributed by atoms with Crippen molar-refractivity contribution < 1.29 is 9.53 Å². The smallest absolute Gasteiger partial charge is 0.338 e. The van der Waals surface area contributed by atoms with Crippen LogP contribution in [0.3, 0.4) is 0 Å². The van der Waals surface area contributed by atoms with Crippen LogP contribution in [0.15, 0.2) is 36.7 Å². The van der Waals surface area contributed by atoms with Crippen LogP contribution in [-0.4, -0.2) is 31.2 Å². The van der Waals surface area contributed by atoms with Gasteiger partial charge in [0.25, 0.3) is 0 Å². The minimum atomic E-state index is -0.272. The molecule has 1 aromatic heterocycles. The Morgan fingerprint density at radius 2 is 2.07 bits per heavy atom. The summed E-state index contributed by atoms with van der Waals surface area (Å²) >= 11 is 0. The number of carbonyl (C=O) groups excluding carboxylic acids is 1. The standard InChI is InChI=1S/C23H28N2O2/c1-27-23(26)22-11-12-24-16-19(22)8-7-17-5-4-6-18-15-20(9-10-21(17)18)25-13-2-3-14-25/h9-12,15-17H,2-8,13-14H2,1H3/t17-/m0/s1. The monoisotopic (exact) mass is 364 g/mol. The minimum Gasteiger partial charge on any atom is -0.465 e. The van der Waals surface area contributed by atoms with Gasteiger partial charge in [-0.15, -0.1) is 0 Å². The zero-order valence-corrected chi connectivity index (χ0v) is 16.1. The fraction of sp³-hybridized carbons (Fsp3) is 0.478. The van der Waals surface area contributed by atoms with Gasteiger partial charge in [0.1, 0.15) is 0 Å². The van der Waals surface area contributed by atoms with Gasteiger partial charge in [-0.05, 0) is 85.8 Å². The highest BCUT2D eigenvalue weighted by Gasteiger charge is 2.23. The van der Waals surface area contributed by atoms with Gasteiger partial charge in [0.05, 0.1) is 12.7 Å². The van der Waals surface area contributed by atoms with E-state index >= 15 is 0 Å². The summed E-state index contributed by atoms with van der Waals surface area (Å²) in [6.07, 6.45) is 11.7. The molecule has 2 aliphatic rings. The Kier molecular flexibility index (Phi) is 5.42. The van der Waals surface area contributed by atoms with Crippen molar-refractivity contribution in [3.05, 3.63) is 58.9 Å². The second-order valence-electron chi connectivity index (χ2n) is 7.73. The summed E-state index contributed by atoms with van der Waals surface area (Å²) in [5.41, 5.74) is 6.06. The Morgan fingerprint density at radius 3 is 2.89 bits per heavy atom. The molecule has 1 aliphatic carbocycles. The molecule has 4 rings (SSSR count). The lowest BCUT2D eigenvalue weighted by atomic mass is 9.79. The Hall–Kier alpha value is -2.36. The molecule has 1 fully saturated rings. The second kappa shape index (κ2) is 8.12. The lowest BCUT2D eigenvalue weighted by Gasteiger charge is -2.28. The number of esters is 1. The van der Waals surface area contributed by atoms with Crippen molar-refractivity contribution in [1.82, 2.24) is 4.98 Å². The number of benzene rings is 1. The predicted octanol–water partition coefficient (Wildman–Crippen LogP) is 4.52. The fourth-order valence-corrected chi connectivity index (χ4v) is 4.64. The van der Waals surface area contributed by atoms with E-state index in [4.69, 9.17) is 4.74 Å². The van der Waals surface area contributed by atoms with Crippen LogP contribution in [0.4, 0.5) is 5.69 Å². The Labute approximate surface area is 161 Å². The van der Waals surface area contributed by atoms with Crippen molar-refractivity contribution in [1.29, 1.82) is 0 Å². The van der Waals surface area contributed by atoms with Crippen molar-refractivity contribution in [2.75, 3.05) is 25.1 Å². The number of fused-ring (bicyclic) bond motifs is 1. The average molecular weight is 364 g/mol. The van der Waals surface area contributed by atoms with Crippen molar-refractivity contribution in [2.24, 2.45) is 0 Å². The van der Waals surface area contributed by atoms with E-state index in [1.54, 1.807) is 12.3 Å². The summed E-state index contributed by atoms with van der Waals surface area (Å²) in [7, 11) is 1.43. The van der Waals surface area contributed by atoms with E-state index in [1.165, 1.54) is 69.1 Å². The van der Waals surface area contributed by atoms with Crippen LogP contribution in [-0.2, 0) is 17.6 Å². The number of nitrogens with zero attached hydrogens (tertiary/aromatic N) is 2. The van der Waals surface area contributed by atoms with Crippen LogP contribution in [0, 0.1) is 0 Å². The first kappa shape index (κ1) is 18.0. The highest BCUT2D eigenvalue weighted by Crippen LogP contribution is 2.37. The molecule has 0 saturated carbocycles. The number of anilines is 1. The lowest BCUT2D eigenvalue weighted by molar-refractivity contribution is 0.0599. The number of rotatable bonds is 5. The molecule has 0 spiro atoms. The summed E-state index contributed by atoms with van der Waals surface area (Å²) in [5.74, 6) is 0.291. The molecule has 1 atom stereocenters. The lowest BCUT2D eigenvalue weighted by Crippen LogP contribution is -2.19. The van der Waals surface area contributed by atoms with Gasteiger partial charge in [0, 0.05) is 31.2 Å². The molecule has 0 radical (unpaired) electrons. The summed E-state index contributed by atoms with van der Waals surface area (Å²) in [6.45, 7) is 2.39. The largest absolute Gasteiger partial charge is 0.465 e. The molecular formula is C23H28N2O2. The van der Waals surface area contributed by atoms with Gasteiger partial charge in [0.15, 0.2) is 0 Å². The number of carbonyl (C=O) groups is 1.